The Kier molecular flexibility index (Phi) is 11.8. The number of halogens is 2. The quantitative estimate of drug-likeness (QED) is 0.212. The molecule has 0 radical (unpaired) electrons. The van der Waals surface area contributed by atoms with Crippen molar-refractivity contribution in [3.63, 3.8) is 0 Å². The van der Waals surface area contributed by atoms with Gasteiger partial charge in [-0.05, 0) is 61.8 Å². The van der Waals surface area contributed by atoms with Crippen molar-refractivity contribution in [3.05, 3.63) is 95.3 Å². The van der Waals surface area contributed by atoms with Crippen LogP contribution in [0.3, 0.4) is 0 Å². The molecule has 0 bridgehead atoms. The lowest BCUT2D eigenvalue weighted by molar-refractivity contribution is 0.222. The molecule has 2 fully saturated rings. The third-order valence-electron chi connectivity index (χ3n) is 8.96. The third-order valence-corrected chi connectivity index (χ3v) is 10.0. The second-order valence-corrected chi connectivity index (χ2v) is 14.2. The van der Waals surface area contributed by atoms with Crippen molar-refractivity contribution in [1.29, 1.82) is 0 Å². The highest BCUT2D eigenvalue weighted by Crippen LogP contribution is 2.31. The average molecular weight is 698 g/mol. The largest absolute Gasteiger partial charge is 0.490 e. The van der Waals surface area contributed by atoms with Crippen molar-refractivity contribution in [1.82, 2.24) is 19.9 Å². The number of piperidine rings is 1. The van der Waals surface area contributed by atoms with Gasteiger partial charge >= 0.3 is 0 Å². The monoisotopic (exact) mass is 697 g/mol. The van der Waals surface area contributed by atoms with E-state index in [0.717, 1.165) is 43.9 Å². The zero-order valence-corrected chi connectivity index (χ0v) is 28.6. The number of aromatic nitrogens is 4. The number of ether oxygens (including phenoxy) is 1. The van der Waals surface area contributed by atoms with E-state index in [-0.39, 0.29) is 22.7 Å². The summed E-state index contributed by atoms with van der Waals surface area (Å²) >= 11 is 5.90. The number of hydrogen-bond acceptors (Lipinski definition) is 10. The van der Waals surface area contributed by atoms with Gasteiger partial charge in [-0.3, -0.25) is 4.55 Å². The van der Waals surface area contributed by atoms with Crippen LogP contribution in [0.1, 0.15) is 43.2 Å². The summed E-state index contributed by atoms with van der Waals surface area (Å²) in [5.41, 5.74) is 7.94. The number of rotatable bonds is 9. The van der Waals surface area contributed by atoms with Crippen LogP contribution in [0.25, 0.3) is 0 Å². The molecule has 2 aliphatic rings. The van der Waals surface area contributed by atoms with Gasteiger partial charge in [0.05, 0.1) is 41.3 Å². The van der Waals surface area contributed by atoms with Crippen LogP contribution < -0.4 is 20.3 Å². The first-order chi connectivity index (χ1) is 23.0. The van der Waals surface area contributed by atoms with Crippen LogP contribution in [0.2, 0.25) is 5.02 Å². The van der Waals surface area contributed by atoms with E-state index >= 15 is 0 Å². The second-order valence-electron chi connectivity index (χ2n) is 12.3. The van der Waals surface area contributed by atoms with Crippen molar-refractivity contribution in [2.24, 2.45) is 17.6 Å². The van der Waals surface area contributed by atoms with E-state index in [1.54, 1.807) is 49.1 Å². The van der Waals surface area contributed by atoms with Crippen molar-refractivity contribution in [2.45, 2.75) is 50.0 Å². The van der Waals surface area contributed by atoms with Gasteiger partial charge in [-0.2, -0.15) is 8.42 Å². The van der Waals surface area contributed by atoms with Crippen LogP contribution in [0.4, 0.5) is 16.3 Å². The molecule has 2 saturated heterocycles. The predicted octanol–water partition coefficient (Wildman–Crippen LogP) is 5.55. The van der Waals surface area contributed by atoms with E-state index in [2.05, 4.69) is 31.8 Å². The van der Waals surface area contributed by atoms with Crippen LogP contribution in [0.15, 0.2) is 78.2 Å². The molecule has 4 heterocycles. The Morgan fingerprint density at radius 1 is 0.958 bits per heavy atom. The molecule has 2 aromatic heterocycles. The lowest BCUT2D eigenvalue weighted by Crippen LogP contribution is -2.36. The van der Waals surface area contributed by atoms with Gasteiger partial charge < -0.3 is 20.3 Å². The maximum Gasteiger partial charge on any atom is 0.294 e. The van der Waals surface area contributed by atoms with Crippen molar-refractivity contribution < 1.29 is 22.1 Å². The van der Waals surface area contributed by atoms with E-state index in [1.807, 2.05) is 17.9 Å². The Labute approximate surface area is 286 Å². The Bertz CT molecular complexity index is 1730. The van der Waals surface area contributed by atoms with E-state index in [1.165, 1.54) is 18.2 Å². The third kappa shape index (κ3) is 9.37. The van der Waals surface area contributed by atoms with Gasteiger partial charge in [0, 0.05) is 38.1 Å². The van der Waals surface area contributed by atoms with Crippen LogP contribution in [0.5, 0.6) is 5.75 Å². The molecule has 3 N–H and O–H groups in total. The molecule has 0 unspecified atom stereocenters. The molecule has 0 saturated carbocycles. The second kappa shape index (κ2) is 16.0. The van der Waals surface area contributed by atoms with E-state index in [9.17, 15) is 12.8 Å². The Morgan fingerprint density at radius 3 is 2.19 bits per heavy atom. The minimum Gasteiger partial charge on any atom is -0.490 e. The number of nitrogens with two attached hydrogens (primary N) is 1. The SMILES string of the molecule is C[C@H](CCOc1cnc(N2C[C@H](c3ccccc3F)[C@@H](N)C2)nc1)C1CCN(c2ncc(Cl)cn2)CC1.Cc1ccc(S(=O)(=O)O)cc1. The molecule has 48 heavy (non-hydrogen) atoms. The number of hydrogen-bond donors (Lipinski definition) is 2. The zero-order valence-electron chi connectivity index (χ0n) is 27.0. The van der Waals surface area contributed by atoms with E-state index in [0.29, 0.717) is 53.8 Å². The highest BCUT2D eigenvalue weighted by Gasteiger charge is 2.34. The summed E-state index contributed by atoms with van der Waals surface area (Å²) in [6, 6.07) is 12.6. The number of benzene rings is 2. The van der Waals surface area contributed by atoms with Gasteiger partial charge in [-0.1, -0.05) is 54.4 Å². The lowest BCUT2D eigenvalue weighted by Gasteiger charge is -2.34. The van der Waals surface area contributed by atoms with Crippen LogP contribution in [0, 0.1) is 24.6 Å². The molecule has 2 aliphatic heterocycles. The van der Waals surface area contributed by atoms with Gasteiger partial charge in [0.15, 0.2) is 5.75 Å². The fraction of sp³-hybridized carbons (Fsp3) is 0.412. The van der Waals surface area contributed by atoms with E-state index < -0.39 is 10.1 Å². The molecule has 256 valence electrons. The average Bonchev–Trinajstić information content (AvgIpc) is 3.47. The molecule has 4 aromatic rings. The molecule has 0 spiro atoms. The van der Waals surface area contributed by atoms with Gasteiger partial charge in [0.2, 0.25) is 11.9 Å². The summed E-state index contributed by atoms with van der Waals surface area (Å²) in [7, 11) is -4.02. The Morgan fingerprint density at radius 2 is 1.56 bits per heavy atom. The topological polar surface area (TPSA) is 148 Å². The molecule has 0 aliphatic carbocycles. The molecule has 2 aromatic carbocycles. The number of nitrogens with zero attached hydrogens (tertiary/aromatic N) is 6. The maximum atomic E-state index is 14.3. The Hall–Kier alpha value is -3.91. The smallest absolute Gasteiger partial charge is 0.294 e. The van der Waals surface area contributed by atoms with Crippen LogP contribution >= 0.6 is 11.6 Å². The molecule has 11 nitrogen and oxygen atoms in total. The van der Waals surface area contributed by atoms with Gasteiger partial charge in [0.25, 0.3) is 10.1 Å². The van der Waals surface area contributed by atoms with E-state index in [4.69, 9.17) is 26.6 Å². The maximum absolute atomic E-state index is 14.3. The number of aryl methyl sites for hydroxylation is 1. The van der Waals surface area contributed by atoms with Crippen molar-refractivity contribution >= 4 is 33.6 Å². The first-order valence-corrected chi connectivity index (χ1v) is 17.8. The normalized spacial score (nSPS) is 19.0. The zero-order chi connectivity index (χ0) is 34.3. The highest BCUT2D eigenvalue weighted by molar-refractivity contribution is 7.85. The van der Waals surface area contributed by atoms with Gasteiger partial charge in [-0.15, -0.1) is 0 Å². The predicted molar refractivity (Wildman–Crippen MR) is 184 cm³/mol. The summed E-state index contributed by atoms with van der Waals surface area (Å²) in [6.07, 6.45) is 9.89. The summed E-state index contributed by atoms with van der Waals surface area (Å²) in [6.45, 7) is 7.82. The van der Waals surface area contributed by atoms with Crippen LogP contribution in [-0.4, -0.2) is 71.7 Å². The first kappa shape index (κ1) is 35.4. The Balaban J connectivity index is 0.000000349. The van der Waals surface area contributed by atoms with Gasteiger partial charge in [0.1, 0.15) is 5.82 Å². The first-order valence-electron chi connectivity index (χ1n) is 15.9. The molecule has 3 atom stereocenters. The minimum absolute atomic E-state index is 0.0666. The number of anilines is 2. The van der Waals surface area contributed by atoms with Crippen molar-refractivity contribution in [3.8, 4) is 5.75 Å². The minimum atomic E-state index is -4.02. The highest BCUT2D eigenvalue weighted by atomic mass is 35.5. The summed E-state index contributed by atoms with van der Waals surface area (Å²) in [4.78, 5) is 21.8. The fourth-order valence-corrected chi connectivity index (χ4v) is 6.67. The lowest BCUT2D eigenvalue weighted by atomic mass is 9.84. The van der Waals surface area contributed by atoms with Gasteiger partial charge in [-0.25, -0.2) is 24.3 Å². The van der Waals surface area contributed by atoms with Crippen LogP contribution in [-0.2, 0) is 10.1 Å². The summed E-state index contributed by atoms with van der Waals surface area (Å²) in [5, 5.41) is 0.556. The molecule has 0 amide bonds. The van der Waals surface area contributed by atoms with Crippen molar-refractivity contribution in [2.75, 3.05) is 42.6 Å². The molecular weight excluding hydrogens is 657 g/mol. The standard InChI is InChI=1S/C27H33ClFN7O.C7H8O3S/c1-18(19-6-9-35(10-7-19)26-31-12-20(28)13-32-26)8-11-37-21-14-33-27(34-15-21)36-16-23(25(30)17-36)22-4-2-3-5-24(22)29;1-6-2-4-7(5-3-6)11(8,9)10/h2-5,12-15,18-19,23,25H,6-11,16-17,30H2,1H3;2-5H,1H3,(H,8,9,10)/t18-,23-,25+;/m1./s1. The molecule has 14 heteroatoms. The fourth-order valence-electron chi connectivity index (χ4n) is 6.09. The molecule has 6 rings (SSSR count). The summed E-state index contributed by atoms with van der Waals surface area (Å²) in [5.74, 6) is 2.88. The molecular formula is C34H41ClFN7O4S. The summed E-state index contributed by atoms with van der Waals surface area (Å²) < 4.78 is 49.8.